The minimum atomic E-state index is -0.481. The second-order valence-corrected chi connectivity index (χ2v) is 6.47. The fraction of sp³-hybridized carbons (Fsp3) is 0.350. The number of ether oxygens (including phenoxy) is 2. The predicted octanol–water partition coefficient (Wildman–Crippen LogP) is 3.38. The van der Waals surface area contributed by atoms with Crippen molar-refractivity contribution in [1.82, 2.24) is 4.90 Å². The van der Waals surface area contributed by atoms with Gasteiger partial charge in [0.15, 0.2) is 0 Å². The lowest BCUT2D eigenvalue weighted by Gasteiger charge is -2.19. The van der Waals surface area contributed by atoms with Crippen LogP contribution in [-0.4, -0.2) is 43.5 Å². The fourth-order valence-corrected chi connectivity index (χ4v) is 2.72. The van der Waals surface area contributed by atoms with E-state index in [1.54, 1.807) is 27.2 Å². The first-order valence-electron chi connectivity index (χ1n) is 8.78. The van der Waals surface area contributed by atoms with E-state index in [-0.39, 0.29) is 18.0 Å². The van der Waals surface area contributed by atoms with Crippen LogP contribution in [0.4, 0.5) is 11.4 Å². The Morgan fingerprint density at radius 2 is 1.93 bits per heavy atom. The number of rotatable bonds is 9. The number of nitro groups is 1. The monoisotopic (exact) mass is 387 g/mol. The SMILES string of the molecule is COc1ccc(CN(C)CCC(=O)Nc2cc([N+](=O)[O-])ccc2C)c(OC)c1. The van der Waals surface area contributed by atoms with Crippen molar-refractivity contribution >= 4 is 17.3 Å². The summed E-state index contributed by atoms with van der Waals surface area (Å²) in [6.45, 7) is 2.92. The van der Waals surface area contributed by atoms with Gasteiger partial charge in [0.1, 0.15) is 11.5 Å². The summed E-state index contributed by atoms with van der Waals surface area (Å²) in [6.07, 6.45) is 0.261. The van der Waals surface area contributed by atoms with Crippen molar-refractivity contribution < 1.29 is 19.2 Å². The smallest absolute Gasteiger partial charge is 0.271 e. The average Bonchev–Trinajstić information content (AvgIpc) is 2.68. The number of carbonyl (C=O) groups excluding carboxylic acids is 1. The highest BCUT2D eigenvalue weighted by molar-refractivity contribution is 5.92. The molecule has 0 aromatic heterocycles. The van der Waals surface area contributed by atoms with E-state index in [1.807, 2.05) is 30.1 Å². The molecule has 0 saturated heterocycles. The van der Waals surface area contributed by atoms with E-state index in [1.165, 1.54) is 12.1 Å². The summed E-state index contributed by atoms with van der Waals surface area (Å²) in [7, 11) is 5.12. The Bertz CT molecular complexity index is 854. The van der Waals surface area contributed by atoms with E-state index in [0.29, 0.717) is 18.8 Å². The lowest BCUT2D eigenvalue weighted by molar-refractivity contribution is -0.384. The molecule has 1 amide bonds. The molecule has 0 bridgehead atoms. The van der Waals surface area contributed by atoms with E-state index in [0.717, 1.165) is 22.6 Å². The first-order chi connectivity index (χ1) is 13.3. The van der Waals surface area contributed by atoms with Crippen molar-refractivity contribution in [2.75, 3.05) is 33.1 Å². The standard InChI is InChI=1S/C20H25N3O5/c1-14-5-7-16(23(25)26)11-18(14)21-20(24)9-10-22(2)13-15-6-8-17(27-3)12-19(15)28-4/h5-8,11-12H,9-10,13H2,1-4H3,(H,21,24). The van der Waals surface area contributed by atoms with Gasteiger partial charge in [-0.25, -0.2) is 0 Å². The highest BCUT2D eigenvalue weighted by atomic mass is 16.6. The van der Waals surface area contributed by atoms with Crippen molar-refractivity contribution in [3.8, 4) is 11.5 Å². The van der Waals surface area contributed by atoms with E-state index < -0.39 is 4.92 Å². The van der Waals surface area contributed by atoms with Gasteiger partial charge in [-0.05, 0) is 25.6 Å². The van der Waals surface area contributed by atoms with Crippen molar-refractivity contribution in [3.63, 3.8) is 0 Å². The summed E-state index contributed by atoms with van der Waals surface area (Å²) >= 11 is 0. The number of amides is 1. The van der Waals surface area contributed by atoms with Crippen LogP contribution >= 0.6 is 0 Å². The number of nitrogens with one attached hydrogen (secondary N) is 1. The third-order valence-electron chi connectivity index (χ3n) is 4.36. The third-order valence-corrected chi connectivity index (χ3v) is 4.36. The molecule has 0 aliphatic heterocycles. The summed E-state index contributed by atoms with van der Waals surface area (Å²) < 4.78 is 10.6. The Morgan fingerprint density at radius 3 is 2.57 bits per heavy atom. The molecule has 1 N–H and O–H groups in total. The fourth-order valence-electron chi connectivity index (χ4n) is 2.72. The minimum absolute atomic E-state index is 0.0513. The number of carbonyl (C=O) groups is 1. The number of aryl methyl sites for hydroxylation is 1. The summed E-state index contributed by atoms with van der Waals surface area (Å²) in [5.74, 6) is 1.25. The van der Waals surface area contributed by atoms with Crippen LogP contribution in [0.3, 0.4) is 0 Å². The second kappa shape index (κ2) is 9.70. The van der Waals surface area contributed by atoms with E-state index >= 15 is 0 Å². The zero-order chi connectivity index (χ0) is 20.7. The number of nitro benzene ring substituents is 1. The van der Waals surface area contributed by atoms with Gasteiger partial charge in [0.25, 0.3) is 5.69 Å². The van der Waals surface area contributed by atoms with Crippen LogP contribution in [0.1, 0.15) is 17.5 Å². The van der Waals surface area contributed by atoms with Gasteiger partial charge in [0.2, 0.25) is 5.91 Å². The minimum Gasteiger partial charge on any atom is -0.497 e. The van der Waals surface area contributed by atoms with Crippen LogP contribution in [0.15, 0.2) is 36.4 Å². The molecule has 0 aliphatic carbocycles. The zero-order valence-corrected chi connectivity index (χ0v) is 16.5. The van der Waals surface area contributed by atoms with Gasteiger partial charge in [-0.15, -0.1) is 0 Å². The van der Waals surface area contributed by atoms with Gasteiger partial charge in [-0.3, -0.25) is 14.9 Å². The Balaban J connectivity index is 1.92. The number of hydrogen-bond donors (Lipinski definition) is 1. The second-order valence-electron chi connectivity index (χ2n) is 6.47. The summed E-state index contributed by atoms with van der Waals surface area (Å²) in [5.41, 5.74) is 2.17. The molecule has 2 aromatic carbocycles. The summed E-state index contributed by atoms with van der Waals surface area (Å²) in [4.78, 5) is 24.7. The highest BCUT2D eigenvalue weighted by Crippen LogP contribution is 2.25. The number of non-ortho nitro benzene ring substituents is 1. The molecule has 8 nitrogen and oxygen atoms in total. The van der Waals surface area contributed by atoms with Crippen molar-refractivity contribution in [2.45, 2.75) is 19.9 Å². The molecule has 2 rings (SSSR count). The molecule has 0 heterocycles. The topological polar surface area (TPSA) is 93.9 Å². The third kappa shape index (κ3) is 5.68. The molecule has 0 radical (unpaired) electrons. The Labute approximate surface area is 164 Å². The van der Waals surface area contributed by atoms with Crippen molar-refractivity contribution in [1.29, 1.82) is 0 Å². The van der Waals surface area contributed by atoms with Crippen LogP contribution in [-0.2, 0) is 11.3 Å². The molecule has 0 aliphatic rings. The Hall–Kier alpha value is -3.13. The van der Waals surface area contributed by atoms with Crippen molar-refractivity contribution in [3.05, 3.63) is 57.6 Å². The lowest BCUT2D eigenvalue weighted by atomic mass is 10.1. The quantitative estimate of drug-likeness (QED) is 0.524. The number of hydrogen-bond acceptors (Lipinski definition) is 6. The number of nitrogens with zero attached hydrogens (tertiary/aromatic N) is 2. The Morgan fingerprint density at radius 1 is 1.18 bits per heavy atom. The maximum Gasteiger partial charge on any atom is 0.271 e. The molecule has 0 fully saturated rings. The lowest BCUT2D eigenvalue weighted by Crippen LogP contribution is -2.24. The van der Waals surface area contributed by atoms with Gasteiger partial charge >= 0.3 is 0 Å². The van der Waals surface area contributed by atoms with Gasteiger partial charge in [0, 0.05) is 43.3 Å². The van der Waals surface area contributed by atoms with E-state index in [2.05, 4.69) is 5.32 Å². The maximum absolute atomic E-state index is 12.3. The van der Waals surface area contributed by atoms with Crippen LogP contribution < -0.4 is 14.8 Å². The molecule has 2 aromatic rings. The molecule has 150 valence electrons. The van der Waals surface area contributed by atoms with Gasteiger partial charge in [-0.1, -0.05) is 12.1 Å². The average molecular weight is 387 g/mol. The Kier molecular flexibility index (Phi) is 7.34. The summed E-state index contributed by atoms with van der Waals surface area (Å²) in [5, 5.41) is 13.7. The zero-order valence-electron chi connectivity index (χ0n) is 16.5. The normalized spacial score (nSPS) is 10.6. The molecule has 0 atom stereocenters. The van der Waals surface area contributed by atoms with Crippen LogP contribution in [0, 0.1) is 17.0 Å². The molecular formula is C20H25N3O5. The van der Waals surface area contributed by atoms with E-state index in [9.17, 15) is 14.9 Å². The van der Waals surface area contributed by atoms with Crippen molar-refractivity contribution in [2.24, 2.45) is 0 Å². The largest absolute Gasteiger partial charge is 0.497 e. The van der Waals surface area contributed by atoms with Gasteiger partial charge in [0.05, 0.1) is 24.8 Å². The first kappa shape index (κ1) is 21.2. The predicted molar refractivity (Wildman–Crippen MR) is 107 cm³/mol. The number of anilines is 1. The molecule has 28 heavy (non-hydrogen) atoms. The van der Waals surface area contributed by atoms with Crippen LogP contribution in [0.5, 0.6) is 11.5 Å². The number of methoxy groups -OCH3 is 2. The van der Waals surface area contributed by atoms with Crippen LogP contribution in [0.2, 0.25) is 0 Å². The molecule has 0 saturated carbocycles. The van der Waals surface area contributed by atoms with Gasteiger partial charge in [-0.2, -0.15) is 0 Å². The summed E-state index contributed by atoms with van der Waals surface area (Å²) in [6, 6.07) is 10.0. The number of benzene rings is 2. The van der Waals surface area contributed by atoms with E-state index in [4.69, 9.17) is 9.47 Å². The van der Waals surface area contributed by atoms with Crippen LogP contribution in [0.25, 0.3) is 0 Å². The highest BCUT2D eigenvalue weighted by Gasteiger charge is 2.13. The molecular weight excluding hydrogens is 362 g/mol. The molecule has 8 heteroatoms. The first-order valence-corrected chi connectivity index (χ1v) is 8.78. The molecule has 0 unspecified atom stereocenters. The maximum atomic E-state index is 12.3. The molecule has 0 spiro atoms. The van der Waals surface area contributed by atoms with Gasteiger partial charge < -0.3 is 19.7 Å².